The standard InChI is InChI=1S/C19H17ClN2O4/c1-21-19(25)14-6-8-16(9-7-14)22-17(23)12-26-18(24)10-5-13-3-2-4-15(20)11-13/h2-11H,12H2,1H3,(H,21,25)(H,22,23)/b10-5+. The second kappa shape index (κ2) is 9.39. The zero-order valence-corrected chi connectivity index (χ0v) is 14.7. The van der Waals surface area contributed by atoms with Crippen LogP contribution in [-0.4, -0.2) is 31.4 Å². The molecule has 2 amide bonds. The number of hydrogen-bond donors (Lipinski definition) is 2. The molecule has 2 aromatic rings. The number of carbonyl (C=O) groups is 3. The highest BCUT2D eigenvalue weighted by Gasteiger charge is 2.07. The minimum atomic E-state index is -0.643. The van der Waals surface area contributed by atoms with E-state index < -0.39 is 18.5 Å². The van der Waals surface area contributed by atoms with Gasteiger partial charge in [-0.15, -0.1) is 0 Å². The highest BCUT2D eigenvalue weighted by molar-refractivity contribution is 6.30. The fourth-order valence-corrected chi connectivity index (χ4v) is 2.20. The van der Waals surface area contributed by atoms with Crippen molar-refractivity contribution in [2.75, 3.05) is 19.0 Å². The highest BCUT2D eigenvalue weighted by atomic mass is 35.5. The van der Waals surface area contributed by atoms with Crippen LogP contribution in [0.5, 0.6) is 0 Å². The molecule has 2 N–H and O–H groups in total. The van der Waals surface area contributed by atoms with Gasteiger partial charge < -0.3 is 15.4 Å². The summed E-state index contributed by atoms with van der Waals surface area (Å²) in [5.41, 5.74) is 1.71. The first-order valence-corrected chi connectivity index (χ1v) is 8.08. The summed E-state index contributed by atoms with van der Waals surface area (Å²) in [6.45, 7) is -0.421. The number of amides is 2. The monoisotopic (exact) mass is 372 g/mol. The Morgan fingerprint density at radius 2 is 1.85 bits per heavy atom. The van der Waals surface area contributed by atoms with E-state index in [1.54, 1.807) is 54.6 Å². The van der Waals surface area contributed by atoms with Gasteiger partial charge in [-0.2, -0.15) is 0 Å². The van der Waals surface area contributed by atoms with E-state index in [9.17, 15) is 14.4 Å². The third-order valence-corrected chi connectivity index (χ3v) is 3.50. The third-order valence-electron chi connectivity index (χ3n) is 3.26. The lowest BCUT2D eigenvalue weighted by atomic mass is 10.2. The molecule has 0 aliphatic heterocycles. The second-order valence-electron chi connectivity index (χ2n) is 5.20. The molecular formula is C19H17ClN2O4. The first-order valence-electron chi connectivity index (χ1n) is 7.70. The number of benzene rings is 2. The third kappa shape index (κ3) is 6.07. The molecule has 0 saturated carbocycles. The smallest absolute Gasteiger partial charge is 0.331 e. The normalized spacial score (nSPS) is 10.4. The van der Waals surface area contributed by atoms with Crippen LogP contribution in [0.4, 0.5) is 5.69 Å². The van der Waals surface area contributed by atoms with Crippen LogP contribution in [0.25, 0.3) is 6.08 Å². The molecule has 0 heterocycles. The Kier molecular flexibility index (Phi) is 6.93. The van der Waals surface area contributed by atoms with Crippen LogP contribution < -0.4 is 10.6 Å². The minimum Gasteiger partial charge on any atom is -0.452 e. The molecule has 0 aromatic heterocycles. The highest BCUT2D eigenvalue weighted by Crippen LogP contribution is 2.12. The second-order valence-corrected chi connectivity index (χ2v) is 5.64. The van der Waals surface area contributed by atoms with Crippen molar-refractivity contribution in [1.29, 1.82) is 0 Å². The molecule has 0 atom stereocenters. The molecule has 0 bridgehead atoms. The van der Waals surface area contributed by atoms with Crippen molar-refractivity contribution in [1.82, 2.24) is 5.32 Å². The molecule has 2 rings (SSSR count). The predicted molar refractivity (Wildman–Crippen MR) is 99.9 cm³/mol. The number of nitrogens with one attached hydrogen (secondary N) is 2. The van der Waals surface area contributed by atoms with Gasteiger partial charge in [0.05, 0.1) is 0 Å². The van der Waals surface area contributed by atoms with E-state index in [4.69, 9.17) is 16.3 Å². The molecular weight excluding hydrogens is 356 g/mol. The van der Waals surface area contributed by atoms with Crippen LogP contribution in [0.15, 0.2) is 54.6 Å². The van der Waals surface area contributed by atoms with Gasteiger partial charge in [-0.3, -0.25) is 9.59 Å². The molecule has 0 aliphatic rings. The van der Waals surface area contributed by atoms with E-state index in [1.165, 1.54) is 13.1 Å². The molecule has 0 radical (unpaired) electrons. The van der Waals surface area contributed by atoms with Crippen LogP contribution in [0, 0.1) is 0 Å². The number of rotatable bonds is 6. The van der Waals surface area contributed by atoms with Crippen molar-refractivity contribution in [3.8, 4) is 0 Å². The maximum absolute atomic E-state index is 11.8. The number of carbonyl (C=O) groups excluding carboxylic acids is 3. The summed E-state index contributed by atoms with van der Waals surface area (Å²) in [6, 6.07) is 13.3. The summed E-state index contributed by atoms with van der Waals surface area (Å²) in [5.74, 6) is -1.35. The van der Waals surface area contributed by atoms with Crippen LogP contribution in [0.2, 0.25) is 5.02 Å². The van der Waals surface area contributed by atoms with Crippen molar-refractivity contribution < 1.29 is 19.1 Å². The Balaban J connectivity index is 1.80. The van der Waals surface area contributed by atoms with E-state index in [0.29, 0.717) is 16.3 Å². The molecule has 6 nitrogen and oxygen atoms in total. The molecule has 26 heavy (non-hydrogen) atoms. The van der Waals surface area contributed by atoms with Gasteiger partial charge in [-0.25, -0.2) is 4.79 Å². The number of anilines is 1. The molecule has 2 aromatic carbocycles. The maximum Gasteiger partial charge on any atom is 0.331 e. The van der Waals surface area contributed by atoms with Crippen molar-refractivity contribution in [2.45, 2.75) is 0 Å². The molecule has 0 fully saturated rings. The number of esters is 1. The van der Waals surface area contributed by atoms with Gasteiger partial charge >= 0.3 is 5.97 Å². The van der Waals surface area contributed by atoms with Crippen LogP contribution in [-0.2, 0) is 14.3 Å². The van der Waals surface area contributed by atoms with Gasteiger partial charge in [-0.05, 0) is 48.0 Å². The molecule has 0 aliphatic carbocycles. The first-order chi connectivity index (χ1) is 12.5. The zero-order valence-electron chi connectivity index (χ0n) is 14.0. The molecule has 0 saturated heterocycles. The Morgan fingerprint density at radius 1 is 1.12 bits per heavy atom. The summed E-state index contributed by atoms with van der Waals surface area (Å²) in [4.78, 5) is 34.9. The number of hydrogen-bond acceptors (Lipinski definition) is 4. The maximum atomic E-state index is 11.8. The lowest BCUT2D eigenvalue weighted by Crippen LogP contribution is -2.20. The van der Waals surface area contributed by atoms with Gasteiger partial charge in [0.1, 0.15) is 0 Å². The fourth-order valence-electron chi connectivity index (χ4n) is 2.01. The largest absolute Gasteiger partial charge is 0.452 e. The van der Waals surface area contributed by atoms with E-state index in [0.717, 1.165) is 5.56 Å². The summed E-state index contributed by atoms with van der Waals surface area (Å²) in [6.07, 6.45) is 2.76. The van der Waals surface area contributed by atoms with Crippen molar-refractivity contribution >= 4 is 41.1 Å². The Hall–Kier alpha value is -3.12. The first kappa shape index (κ1) is 19.2. The minimum absolute atomic E-state index is 0.219. The predicted octanol–water partition coefficient (Wildman–Crippen LogP) is 2.89. The van der Waals surface area contributed by atoms with Crippen molar-refractivity contribution in [3.63, 3.8) is 0 Å². The van der Waals surface area contributed by atoms with Crippen molar-refractivity contribution in [2.24, 2.45) is 0 Å². The number of ether oxygens (including phenoxy) is 1. The topological polar surface area (TPSA) is 84.5 Å². The van der Waals surface area contributed by atoms with Gasteiger partial charge in [0.2, 0.25) is 0 Å². The van der Waals surface area contributed by atoms with Crippen LogP contribution >= 0.6 is 11.6 Å². The van der Waals surface area contributed by atoms with Gasteiger partial charge in [-0.1, -0.05) is 23.7 Å². The van der Waals surface area contributed by atoms with Crippen LogP contribution in [0.3, 0.4) is 0 Å². The summed E-state index contributed by atoms with van der Waals surface area (Å²) in [5, 5.41) is 5.63. The van der Waals surface area contributed by atoms with Gasteiger partial charge in [0, 0.05) is 29.4 Å². The summed E-state index contributed by atoms with van der Waals surface area (Å²) in [7, 11) is 1.53. The number of halogens is 1. The summed E-state index contributed by atoms with van der Waals surface area (Å²) < 4.78 is 4.87. The van der Waals surface area contributed by atoms with E-state index >= 15 is 0 Å². The SMILES string of the molecule is CNC(=O)c1ccc(NC(=O)COC(=O)/C=C/c2cccc(Cl)c2)cc1. The zero-order chi connectivity index (χ0) is 18.9. The molecule has 134 valence electrons. The average molecular weight is 373 g/mol. The Labute approximate surface area is 155 Å². The van der Waals surface area contributed by atoms with E-state index in [1.807, 2.05) is 0 Å². The quantitative estimate of drug-likeness (QED) is 0.603. The van der Waals surface area contributed by atoms with Crippen molar-refractivity contribution in [3.05, 3.63) is 70.8 Å². The van der Waals surface area contributed by atoms with E-state index in [2.05, 4.69) is 10.6 Å². The molecule has 0 unspecified atom stereocenters. The van der Waals surface area contributed by atoms with Gasteiger partial charge in [0.25, 0.3) is 11.8 Å². The summed E-state index contributed by atoms with van der Waals surface area (Å²) >= 11 is 5.85. The lowest BCUT2D eigenvalue weighted by Gasteiger charge is -2.06. The van der Waals surface area contributed by atoms with Crippen LogP contribution in [0.1, 0.15) is 15.9 Å². The Bertz CT molecular complexity index is 832. The Morgan fingerprint density at radius 3 is 2.50 bits per heavy atom. The van der Waals surface area contributed by atoms with Gasteiger partial charge in [0.15, 0.2) is 6.61 Å². The van der Waals surface area contributed by atoms with E-state index in [-0.39, 0.29) is 5.91 Å². The fraction of sp³-hybridized carbons (Fsp3) is 0.105. The average Bonchev–Trinajstić information content (AvgIpc) is 2.64. The molecule has 7 heteroatoms. The lowest BCUT2D eigenvalue weighted by molar-refractivity contribution is -0.142. The molecule has 0 spiro atoms.